The van der Waals surface area contributed by atoms with Crippen LogP contribution in [0.25, 0.3) is 11.5 Å². The summed E-state index contributed by atoms with van der Waals surface area (Å²) >= 11 is 0. The van der Waals surface area contributed by atoms with Gasteiger partial charge in [0.25, 0.3) is 5.91 Å². The molecule has 0 bridgehead atoms. The van der Waals surface area contributed by atoms with E-state index in [0.717, 1.165) is 36.0 Å². The normalized spacial score (nSPS) is 17.3. The SMILES string of the molecule is Cc1cc(C)cc(-c2nnc(NC(=O)c3ccc(S(=O)(=O)N4CCCCC4C)cc3)o2)c1. The van der Waals surface area contributed by atoms with Crippen molar-refractivity contribution in [1.29, 1.82) is 0 Å². The van der Waals surface area contributed by atoms with E-state index in [0.29, 0.717) is 18.0 Å². The number of hydrogen-bond donors (Lipinski definition) is 1. The molecule has 0 saturated carbocycles. The van der Waals surface area contributed by atoms with Crippen molar-refractivity contribution >= 4 is 21.9 Å². The average molecular weight is 455 g/mol. The molecule has 1 atom stereocenters. The van der Waals surface area contributed by atoms with Crippen molar-refractivity contribution < 1.29 is 17.6 Å². The van der Waals surface area contributed by atoms with Gasteiger partial charge in [-0.25, -0.2) is 8.42 Å². The van der Waals surface area contributed by atoms with Gasteiger partial charge >= 0.3 is 6.01 Å². The summed E-state index contributed by atoms with van der Waals surface area (Å²) in [5, 5.41) is 10.5. The van der Waals surface area contributed by atoms with Gasteiger partial charge in [-0.3, -0.25) is 10.1 Å². The lowest BCUT2D eigenvalue weighted by Crippen LogP contribution is -2.41. The number of benzene rings is 2. The molecule has 0 radical (unpaired) electrons. The molecule has 168 valence electrons. The maximum absolute atomic E-state index is 12.9. The minimum absolute atomic E-state index is 0.0250. The van der Waals surface area contributed by atoms with Crippen molar-refractivity contribution in [3.8, 4) is 11.5 Å². The fourth-order valence-electron chi connectivity index (χ4n) is 4.00. The molecule has 3 aromatic rings. The second kappa shape index (κ2) is 8.84. The van der Waals surface area contributed by atoms with Crippen molar-refractivity contribution in [1.82, 2.24) is 14.5 Å². The number of sulfonamides is 1. The van der Waals surface area contributed by atoms with Gasteiger partial charge in [-0.05, 0) is 70.0 Å². The van der Waals surface area contributed by atoms with E-state index in [9.17, 15) is 13.2 Å². The summed E-state index contributed by atoms with van der Waals surface area (Å²) in [6, 6.07) is 11.7. The number of anilines is 1. The van der Waals surface area contributed by atoms with E-state index in [1.165, 1.54) is 24.3 Å². The van der Waals surface area contributed by atoms with E-state index >= 15 is 0 Å². The minimum Gasteiger partial charge on any atom is -0.403 e. The third kappa shape index (κ3) is 4.58. The van der Waals surface area contributed by atoms with Crippen LogP contribution < -0.4 is 5.32 Å². The molecule has 9 heteroatoms. The predicted octanol–water partition coefficient (Wildman–Crippen LogP) is 4.17. The highest BCUT2D eigenvalue weighted by atomic mass is 32.2. The number of nitrogens with one attached hydrogen (secondary N) is 1. The molecule has 1 aliphatic heterocycles. The topological polar surface area (TPSA) is 105 Å². The molecule has 1 aromatic heterocycles. The molecule has 1 N–H and O–H groups in total. The van der Waals surface area contributed by atoms with E-state index in [-0.39, 0.29) is 17.0 Å². The van der Waals surface area contributed by atoms with Crippen molar-refractivity contribution in [2.75, 3.05) is 11.9 Å². The summed E-state index contributed by atoms with van der Waals surface area (Å²) in [6.45, 7) is 6.40. The molecule has 1 fully saturated rings. The Bertz CT molecular complexity index is 1210. The van der Waals surface area contributed by atoms with Crippen molar-refractivity contribution in [2.24, 2.45) is 0 Å². The Morgan fingerprint density at radius 3 is 2.41 bits per heavy atom. The minimum atomic E-state index is -3.59. The molecule has 1 unspecified atom stereocenters. The second-order valence-corrected chi connectivity index (χ2v) is 10.1. The Morgan fingerprint density at radius 2 is 1.75 bits per heavy atom. The molecule has 2 aromatic carbocycles. The third-order valence-corrected chi connectivity index (χ3v) is 7.61. The van der Waals surface area contributed by atoms with Gasteiger partial charge in [0.1, 0.15) is 0 Å². The van der Waals surface area contributed by atoms with Crippen molar-refractivity contribution in [3.63, 3.8) is 0 Å². The number of aryl methyl sites for hydroxylation is 2. The zero-order chi connectivity index (χ0) is 22.9. The number of hydrogen-bond acceptors (Lipinski definition) is 6. The fourth-order valence-corrected chi connectivity index (χ4v) is 5.70. The zero-order valence-corrected chi connectivity index (χ0v) is 19.1. The number of aromatic nitrogens is 2. The standard InChI is InChI=1S/C23H26N4O4S/c1-15-12-16(2)14-19(13-15)22-25-26-23(31-22)24-21(28)18-7-9-20(10-8-18)32(29,30)27-11-5-4-6-17(27)3/h7-10,12-14,17H,4-6,11H2,1-3H3,(H,24,26,28). The van der Waals surface area contributed by atoms with Crippen LogP contribution in [0, 0.1) is 13.8 Å². The molecule has 1 aliphatic rings. The van der Waals surface area contributed by atoms with Gasteiger partial charge in [-0.1, -0.05) is 28.7 Å². The summed E-state index contributed by atoms with van der Waals surface area (Å²) in [6.07, 6.45) is 2.75. The van der Waals surface area contributed by atoms with E-state index in [2.05, 4.69) is 15.5 Å². The van der Waals surface area contributed by atoms with Crippen LogP contribution in [0.1, 0.15) is 47.7 Å². The highest BCUT2D eigenvalue weighted by molar-refractivity contribution is 7.89. The lowest BCUT2D eigenvalue weighted by Gasteiger charge is -2.32. The van der Waals surface area contributed by atoms with Crippen LogP contribution in [0.4, 0.5) is 6.01 Å². The van der Waals surface area contributed by atoms with Crippen LogP contribution in [-0.4, -0.2) is 41.4 Å². The summed E-state index contributed by atoms with van der Waals surface area (Å²) in [5.74, 6) is -0.153. The van der Waals surface area contributed by atoms with Crippen LogP contribution >= 0.6 is 0 Å². The van der Waals surface area contributed by atoms with Gasteiger partial charge in [0.2, 0.25) is 15.9 Å². The molecule has 1 amide bonds. The predicted molar refractivity (Wildman–Crippen MR) is 121 cm³/mol. The first kappa shape index (κ1) is 22.2. The molecule has 0 aliphatic carbocycles. The van der Waals surface area contributed by atoms with Gasteiger partial charge < -0.3 is 4.42 Å². The fraction of sp³-hybridized carbons (Fsp3) is 0.348. The summed E-state index contributed by atoms with van der Waals surface area (Å²) in [7, 11) is -3.59. The van der Waals surface area contributed by atoms with E-state index in [4.69, 9.17) is 4.42 Å². The number of carbonyl (C=O) groups excluding carboxylic acids is 1. The maximum Gasteiger partial charge on any atom is 0.322 e. The van der Waals surface area contributed by atoms with Crippen LogP contribution in [0.15, 0.2) is 51.8 Å². The Balaban J connectivity index is 1.47. The molecular formula is C23H26N4O4S. The molecular weight excluding hydrogens is 428 g/mol. The zero-order valence-electron chi connectivity index (χ0n) is 18.3. The number of piperidine rings is 1. The van der Waals surface area contributed by atoms with Crippen LogP contribution in [0.5, 0.6) is 0 Å². The van der Waals surface area contributed by atoms with Gasteiger partial charge in [0, 0.05) is 23.7 Å². The average Bonchev–Trinajstić information content (AvgIpc) is 3.22. The summed E-state index contributed by atoms with van der Waals surface area (Å²) in [5.41, 5.74) is 3.20. The third-order valence-electron chi connectivity index (χ3n) is 5.58. The smallest absolute Gasteiger partial charge is 0.322 e. The van der Waals surface area contributed by atoms with Gasteiger partial charge in [0.05, 0.1) is 4.90 Å². The molecule has 2 heterocycles. The lowest BCUT2D eigenvalue weighted by molar-refractivity contribution is 0.102. The number of nitrogens with zero attached hydrogens (tertiary/aromatic N) is 3. The van der Waals surface area contributed by atoms with Crippen LogP contribution in [-0.2, 0) is 10.0 Å². The Labute approximate surface area is 187 Å². The lowest BCUT2D eigenvalue weighted by atomic mass is 10.1. The largest absolute Gasteiger partial charge is 0.403 e. The molecule has 4 rings (SSSR count). The molecule has 1 saturated heterocycles. The maximum atomic E-state index is 12.9. The first-order valence-corrected chi connectivity index (χ1v) is 12.0. The first-order chi connectivity index (χ1) is 15.2. The van der Waals surface area contributed by atoms with E-state index in [1.807, 2.05) is 39.0 Å². The highest BCUT2D eigenvalue weighted by Crippen LogP contribution is 2.26. The second-order valence-electron chi connectivity index (χ2n) is 8.23. The Morgan fingerprint density at radius 1 is 1.06 bits per heavy atom. The number of carbonyl (C=O) groups is 1. The molecule has 0 spiro atoms. The molecule has 32 heavy (non-hydrogen) atoms. The highest BCUT2D eigenvalue weighted by Gasteiger charge is 2.31. The summed E-state index contributed by atoms with van der Waals surface area (Å²) in [4.78, 5) is 12.8. The number of rotatable bonds is 5. The van der Waals surface area contributed by atoms with Crippen LogP contribution in [0.3, 0.4) is 0 Å². The van der Waals surface area contributed by atoms with Crippen molar-refractivity contribution in [2.45, 2.75) is 51.0 Å². The van der Waals surface area contributed by atoms with E-state index in [1.54, 1.807) is 4.31 Å². The van der Waals surface area contributed by atoms with Gasteiger partial charge in [0.15, 0.2) is 0 Å². The van der Waals surface area contributed by atoms with Crippen molar-refractivity contribution in [3.05, 3.63) is 59.2 Å². The molecule has 8 nitrogen and oxygen atoms in total. The van der Waals surface area contributed by atoms with Gasteiger partial charge in [-0.15, -0.1) is 5.10 Å². The van der Waals surface area contributed by atoms with Gasteiger partial charge in [-0.2, -0.15) is 4.31 Å². The van der Waals surface area contributed by atoms with Crippen LogP contribution in [0.2, 0.25) is 0 Å². The first-order valence-electron chi connectivity index (χ1n) is 10.6. The van der Waals surface area contributed by atoms with E-state index < -0.39 is 15.9 Å². The monoisotopic (exact) mass is 454 g/mol. The quantitative estimate of drug-likeness (QED) is 0.620. The Hall–Kier alpha value is -3.04. The Kier molecular flexibility index (Phi) is 6.12. The summed E-state index contributed by atoms with van der Waals surface area (Å²) < 4.78 is 33.0. The number of amides is 1.